The maximum atomic E-state index is 10.2. The Morgan fingerprint density at radius 2 is 0.410 bits per heavy atom. The van der Waals surface area contributed by atoms with Crippen LogP contribution in [0.4, 0.5) is 0 Å². The number of carbonyl (C=O) groups is 3. The fourth-order valence-electron chi connectivity index (χ4n) is 7.02. The molecule has 0 N–H and O–H groups in total. The van der Waals surface area contributed by atoms with Gasteiger partial charge in [-0.25, -0.2) is 0 Å². The van der Waals surface area contributed by atoms with E-state index in [0.29, 0.717) is 0 Å². The zero-order valence-corrected chi connectivity index (χ0v) is 42.6. The van der Waals surface area contributed by atoms with Gasteiger partial charge < -0.3 is 29.7 Å². The molecule has 0 radical (unpaired) electrons. The average molecular weight is 1040 g/mol. The molecule has 0 fully saturated rings. The molecule has 0 aromatic rings. The van der Waals surface area contributed by atoms with E-state index in [1.54, 1.807) is 0 Å². The fourth-order valence-corrected chi connectivity index (χ4v) is 7.02. The molecule has 7 heteroatoms. The third kappa shape index (κ3) is 76.1. The van der Waals surface area contributed by atoms with Crippen molar-refractivity contribution in [2.45, 2.75) is 290 Å². The quantitative estimate of drug-likeness (QED) is 0.0340. The van der Waals surface area contributed by atoms with Crippen molar-refractivity contribution in [2.75, 3.05) is 0 Å². The van der Waals surface area contributed by atoms with Crippen LogP contribution in [0.3, 0.4) is 0 Å². The van der Waals surface area contributed by atoms with Gasteiger partial charge in [0.15, 0.2) is 0 Å². The van der Waals surface area contributed by atoms with E-state index in [1.807, 2.05) is 0 Å². The second-order valence-electron chi connectivity index (χ2n) is 17.1. The molecule has 0 rings (SSSR count). The molecular formula is C54H99AuO6. The molecule has 0 heterocycles. The van der Waals surface area contributed by atoms with Crippen LogP contribution < -0.4 is 15.3 Å². The number of hydrogen-bond donors (Lipinski definition) is 0. The van der Waals surface area contributed by atoms with Gasteiger partial charge in [-0.2, -0.15) is 0 Å². The van der Waals surface area contributed by atoms with Crippen molar-refractivity contribution in [2.24, 2.45) is 0 Å². The van der Waals surface area contributed by atoms with E-state index >= 15 is 0 Å². The molecule has 6 nitrogen and oxygen atoms in total. The number of carboxylic acid groups (broad SMARTS) is 3. The number of carbonyl (C=O) groups excluding carboxylic acids is 3. The molecule has 0 unspecified atom stereocenters. The Morgan fingerprint density at radius 1 is 0.262 bits per heavy atom. The largest absolute Gasteiger partial charge is 3.00 e. The first-order valence-corrected chi connectivity index (χ1v) is 25.9. The predicted molar refractivity (Wildman–Crippen MR) is 253 cm³/mol. The first-order chi connectivity index (χ1) is 29.3. The van der Waals surface area contributed by atoms with Gasteiger partial charge in [0.1, 0.15) is 0 Å². The van der Waals surface area contributed by atoms with Gasteiger partial charge in [0, 0.05) is 17.9 Å². The van der Waals surface area contributed by atoms with E-state index in [0.717, 1.165) is 57.8 Å². The molecule has 362 valence electrons. The van der Waals surface area contributed by atoms with Gasteiger partial charge in [-0.3, -0.25) is 0 Å². The second-order valence-corrected chi connectivity index (χ2v) is 17.1. The summed E-state index contributed by atoms with van der Waals surface area (Å²) in [6, 6.07) is 0. The molecule has 0 aliphatic heterocycles. The minimum absolute atomic E-state index is 0. The van der Waals surface area contributed by atoms with Crippen LogP contribution >= 0.6 is 0 Å². The summed E-state index contributed by atoms with van der Waals surface area (Å²) < 4.78 is 0. The molecule has 0 saturated carbocycles. The third-order valence-corrected chi connectivity index (χ3v) is 10.9. The number of hydrogen-bond acceptors (Lipinski definition) is 6. The summed E-state index contributed by atoms with van der Waals surface area (Å²) in [5, 5.41) is 30.6. The summed E-state index contributed by atoms with van der Waals surface area (Å²) in [5.41, 5.74) is 0. The molecule has 0 amide bonds. The molecule has 61 heavy (non-hydrogen) atoms. The fraction of sp³-hybridized carbons (Fsp3) is 0.833. The average Bonchev–Trinajstić information content (AvgIpc) is 3.22. The third-order valence-electron chi connectivity index (χ3n) is 10.9. The summed E-state index contributed by atoms with van der Waals surface area (Å²) >= 11 is 0. The van der Waals surface area contributed by atoms with Gasteiger partial charge >= 0.3 is 22.4 Å². The summed E-state index contributed by atoms with van der Waals surface area (Å²) in [4.78, 5) is 30.6. The Kier molecular flexibility index (Phi) is 67.8. The molecule has 0 aromatic carbocycles. The van der Waals surface area contributed by atoms with Crippen molar-refractivity contribution in [1.29, 1.82) is 0 Å². The van der Waals surface area contributed by atoms with Crippen LogP contribution in [-0.4, -0.2) is 17.9 Å². The van der Waals surface area contributed by atoms with E-state index in [4.69, 9.17) is 0 Å². The molecule has 0 aromatic heterocycles. The minimum Gasteiger partial charge on any atom is -0.550 e. The smallest absolute Gasteiger partial charge is 0.550 e. The van der Waals surface area contributed by atoms with Crippen molar-refractivity contribution >= 4 is 17.9 Å². The number of aliphatic carboxylic acids is 3. The van der Waals surface area contributed by atoms with E-state index in [9.17, 15) is 29.7 Å². The topological polar surface area (TPSA) is 120 Å². The van der Waals surface area contributed by atoms with Crippen molar-refractivity contribution in [1.82, 2.24) is 0 Å². The number of carboxylic acids is 3. The second kappa shape index (κ2) is 62.7. The Labute approximate surface area is 395 Å². The summed E-state index contributed by atoms with van der Waals surface area (Å²) in [6.07, 6.45) is 62.7. The van der Waals surface area contributed by atoms with Crippen LogP contribution in [0.5, 0.6) is 0 Å². The van der Waals surface area contributed by atoms with E-state index in [2.05, 4.69) is 57.2 Å². The van der Waals surface area contributed by atoms with Crippen LogP contribution in [-0.2, 0) is 36.8 Å². The van der Waals surface area contributed by atoms with Crippen molar-refractivity contribution in [3.05, 3.63) is 36.5 Å². The summed E-state index contributed by atoms with van der Waals surface area (Å²) in [5.74, 6) is -2.74. The molecule has 0 aliphatic rings. The van der Waals surface area contributed by atoms with Crippen LogP contribution in [0.15, 0.2) is 36.5 Å². The zero-order chi connectivity index (χ0) is 44.7. The van der Waals surface area contributed by atoms with Gasteiger partial charge in [0.2, 0.25) is 0 Å². The number of allylic oxidation sites excluding steroid dienone is 6. The Balaban J connectivity index is -0.000000396. The first-order valence-electron chi connectivity index (χ1n) is 25.9. The first kappa shape index (κ1) is 66.0. The predicted octanol–water partition coefficient (Wildman–Crippen LogP) is 14.3. The maximum absolute atomic E-state index is 10.2. The molecule has 0 spiro atoms. The van der Waals surface area contributed by atoms with Crippen molar-refractivity contribution in [3.63, 3.8) is 0 Å². The van der Waals surface area contributed by atoms with Crippen LogP contribution in [0.2, 0.25) is 0 Å². The maximum Gasteiger partial charge on any atom is 3.00 e. The Bertz CT molecular complexity index is 827. The van der Waals surface area contributed by atoms with Gasteiger partial charge in [-0.15, -0.1) is 0 Å². The Hall–Kier alpha value is -1.63. The molecule has 0 saturated heterocycles. The molecular weight excluding hydrogens is 942 g/mol. The molecule has 0 aliphatic carbocycles. The van der Waals surface area contributed by atoms with Crippen molar-refractivity contribution in [3.8, 4) is 0 Å². The monoisotopic (exact) mass is 1040 g/mol. The summed E-state index contributed by atoms with van der Waals surface area (Å²) in [6.45, 7) is 6.77. The Morgan fingerprint density at radius 3 is 0.574 bits per heavy atom. The molecule has 0 bridgehead atoms. The van der Waals surface area contributed by atoms with E-state index in [-0.39, 0.29) is 41.6 Å². The van der Waals surface area contributed by atoms with Gasteiger partial charge in [-0.1, -0.05) is 211 Å². The number of rotatable bonds is 45. The van der Waals surface area contributed by atoms with E-state index < -0.39 is 17.9 Å². The SMILES string of the molecule is CCCCCCCCC=CCCCCCCCC(=O)[O-].CCCCCCCCC=CCCCCCCCC(=O)[O-].CCCCCCCCC=CCCCCCCCC(=O)[O-].[Au+3]. The molecule has 0 atom stereocenters. The standard InChI is InChI=1S/3C18H34O2.Au/c3*1-2-3-4-5-6-7-8-9-10-11-12-13-14-15-16-17-18(19)20;/h3*9-10H,2-8,11-17H2,1H3,(H,19,20);/q;;;+3/p-3. The summed E-state index contributed by atoms with van der Waals surface area (Å²) in [7, 11) is 0. The van der Waals surface area contributed by atoms with Gasteiger partial charge in [-0.05, 0) is 116 Å². The van der Waals surface area contributed by atoms with Gasteiger partial charge in [0.25, 0.3) is 0 Å². The van der Waals surface area contributed by atoms with E-state index in [1.165, 1.54) is 193 Å². The van der Waals surface area contributed by atoms with Gasteiger partial charge in [0.05, 0.1) is 0 Å². The zero-order valence-electron chi connectivity index (χ0n) is 40.4. The minimum atomic E-state index is -0.914. The van der Waals surface area contributed by atoms with Crippen LogP contribution in [0, 0.1) is 0 Å². The van der Waals surface area contributed by atoms with Crippen LogP contribution in [0.1, 0.15) is 290 Å². The van der Waals surface area contributed by atoms with Crippen molar-refractivity contribution < 1.29 is 52.1 Å². The normalized spacial score (nSPS) is 11.1. The van der Waals surface area contributed by atoms with Crippen LogP contribution in [0.25, 0.3) is 0 Å². The number of unbranched alkanes of at least 4 members (excludes halogenated alkanes) is 33.